The summed E-state index contributed by atoms with van der Waals surface area (Å²) in [7, 11) is 0. The minimum Gasteiger partial charge on any atom is -0.326 e. The molecule has 0 heterocycles. The van der Waals surface area contributed by atoms with Gasteiger partial charge in [0.2, 0.25) is 0 Å². The summed E-state index contributed by atoms with van der Waals surface area (Å²) in [6.07, 6.45) is 0. The van der Waals surface area contributed by atoms with Gasteiger partial charge in [-0.3, -0.25) is 0 Å². The van der Waals surface area contributed by atoms with Gasteiger partial charge in [-0.2, -0.15) is 5.26 Å². The summed E-state index contributed by atoms with van der Waals surface area (Å²) in [4.78, 5) is 0. The van der Waals surface area contributed by atoms with Gasteiger partial charge in [-0.05, 0) is 12.1 Å². The van der Waals surface area contributed by atoms with Gasteiger partial charge in [0.05, 0.1) is 11.6 Å². The Kier molecular flexibility index (Phi) is 4.27. The molecule has 0 fully saturated rings. The van der Waals surface area contributed by atoms with Crippen molar-refractivity contribution in [3.63, 3.8) is 0 Å². The summed E-state index contributed by atoms with van der Waals surface area (Å²) < 4.78 is 12.8. The molecule has 4 heteroatoms. The highest BCUT2D eigenvalue weighted by Gasteiger charge is 1.99. The van der Waals surface area contributed by atoms with Crippen molar-refractivity contribution >= 4 is 12.4 Å². The highest BCUT2D eigenvalue weighted by Crippen LogP contribution is 2.08. The number of nitrogens with two attached hydrogens (primary N) is 1. The first-order chi connectivity index (χ1) is 5.27. The summed E-state index contributed by atoms with van der Waals surface area (Å²) >= 11 is 0. The fraction of sp³-hybridized carbons (Fsp3) is 0.125. The molecule has 64 valence electrons. The van der Waals surface area contributed by atoms with Gasteiger partial charge in [-0.25, -0.2) is 4.39 Å². The van der Waals surface area contributed by atoms with E-state index in [4.69, 9.17) is 11.0 Å². The molecule has 12 heavy (non-hydrogen) atoms. The Morgan fingerprint density at radius 2 is 2.17 bits per heavy atom. The van der Waals surface area contributed by atoms with E-state index in [0.717, 1.165) is 0 Å². The van der Waals surface area contributed by atoms with E-state index in [-0.39, 0.29) is 19.0 Å². The van der Waals surface area contributed by atoms with E-state index in [1.165, 1.54) is 12.1 Å². The van der Waals surface area contributed by atoms with E-state index in [1.807, 2.05) is 6.07 Å². The number of hydrogen-bond acceptors (Lipinski definition) is 2. The molecular weight excluding hydrogens is 179 g/mol. The summed E-state index contributed by atoms with van der Waals surface area (Å²) in [5, 5.41) is 8.38. The fourth-order valence-corrected chi connectivity index (χ4v) is 0.782. The van der Waals surface area contributed by atoms with Crippen molar-refractivity contribution in [1.82, 2.24) is 0 Å². The monoisotopic (exact) mass is 186 g/mol. The normalized spacial score (nSPS) is 8.42. The Morgan fingerprint density at radius 3 is 2.58 bits per heavy atom. The van der Waals surface area contributed by atoms with Crippen LogP contribution in [-0.2, 0) is 6.54 Å². The highest BCUT2D eigenvalue weighted by molar-refractivity contribution is 5.85. The molecule has 0 spiro atoms. The highest BCUT2D eigenvalue weighted by atomic mass is 35.5. The summed E-state index contributed by atoms with van der Waals surface area (Å²) in [5.41, 5.74) is 5.97. The van der Waals surface area contributed by atoms with Gasteiger partial charge in [0, 0.05) is 12.1 Å². The lowest BCUT2D eigenvalue weighted by Gasteiger charge is -1.97. The van der Waals surface area contributed by atoms with E-state index in [0.29, 0.717) is 11.1 Å². The predicted molar refractivity (Wildman–Crippen MR) is 46.3 cm³/mol. The van der Waals surface area contributed by atoms with Crippen molar-refractivity contribution in [1.29, 1.82) is 5.26 Å². The molecule has 1 rings (SSSR count). The molecule has 0 aromatic heterocycles. The number of rotatable bonds is 1. The maximum Gasteiger partial charge on any atom is 0.129 e. The molecule has 1 aromatic carbocycles. The summed E-state index contributed by atoms with van der Waals surface area (Å²) in [6, 6.07) is 6.09. The molecule has 0 aliphatic carbocycles. The second kappa shape index (κ2) is 4.70. The van der Waals surface area contributed by atoms with Crippen LogP contribution in [0.25, 0.3) is 0 Å². The Bertz CT molecular complexity index is 306. The lowest BCUT2D eigenvalue weighted by Crippen LogP contribution is -1.99. The van der Waals surface area contributed by atoms with E-state index in [1.54, 1.807) is 6.07 Å². The minimum atomic E-state index is -0.411. The molecular formula is C8H8ClFN2. The molecule has 0 radical (unpaired) electrons. The van der Waals surface area contributed by atoms with E-state index >= 15 is 0 Å². The fourth-order valence-electron chi connectivity index (χ4n) is 0.782. The van der Waals surface area contributed by atoms with Crippen LogP contribution >= 0.6 is 12.4 Å². The van der Waals surface area contributed by atoms with Crippen molar-refractivity contribution in [2.45, 2.75) is 6.54 Å². The van der Waals surface area contributed by atoms with E-state index in [2.05, 4.69) is 0 Å². The largest absolute Gasteiger partial charge is 0.326 e. The van der Waals surface area contributed by atoms with Crippen molar-refractivity contribution in [3.05, 3.63) is 35.1 Å². The average Bonchev–Trinajstić information content (AvgIpc) is 2.04. The lowest BCUT2D eigenvalue weighted by molar-refractivity contribution is 0.610. The van der Waals surface area contributed by atoms with Gasteiger partial charge >= 0.3 is 0 Å². The van der Waals surface area contributed by atoms with Crippen LogP contribution in [0.1, 0.15) is 11.1 Å². The van der Waals surface area contributed by atoms with Crippen LogP contribution in [0.5, 0.6) is 0 Å². The second-order valence-electron chi connectivity index (χ2n) is 2.12. The molecule has 0 atom stereocenters. The van der Waals surface area contributed by atoms with Gasteiger partial charge in [0.15, 0.2) is 0 Å². The van der Waals surface area contributed by atoms with Gasteiger partial charge < -0.3 is 5.73 Å². The first-order valence-electron chi connectivity index (χ1n) is 3.16. The third-order valence-electron chi connectivity index (χ3n) is 1.40. The van der Waals surface area contributed by atoms with Gasteiger partial charge in [-0.1, -0.05) is 6.07 Å². The predicted octanol–water partition coefficient (Wildman–Crippen LogP) is 1.58. The summed E-state index contributed by atoms with van der Waals surface area (Å²) in [5.74, 6) is -0.411. The van der Waals surface area contributed by atoms with Crippen molar-refractivity contribution < 1.29 is 4.39 Å². The second-order valence-corrected chi connectivity index (χ2v) is 2.12. The van der Waals surface area contributed by atoms with Crippen LogP contribution in [0.4, 0.5) is 4.39 Å². The first-order valence-corrected chi connectivity index (χ1v) is 3.16. The van der Waals surface area contributed by atoms with Crippen LogP contribution in [0.2, 0.25) is 0 Å². The number of benzene rings is 1. The first kappa shape index (κ1) is 10.9. The molecule has 1 aromatic rings. The lowest BCUT2D eigenvalue weighted by atomic mass is 10.1. The van der Waals surface area contributed by atoms with Crippen LogP contribution < -0.4 is 5.73 Å². The zero-order valence-electron chi connectivity index (χ0n) is 6.25. The Balaban J connectivity index is 0.00000121. The van der Waals surface area contributed by atoms with Gasteiger partial charge in [0.25, 0.3) is 0 Å². The zero-order chi connectivity index (χ0) is 8.27. The molecule has 0 saturated heterocycles. The van der Waals surface area contributed by atoms with Gasteiger partial charge in [0.1, 0.15) is 5.82 Å². The molecule has 0 unspecified atom stereocenters. The topological polar surface area (TPSA) is 49.8 Å². The molecule has 0 bridgehead atoms. The molecule has 2 nitrogen and oxygen atoms in total. The van der Waals surface area contributed by atoms with Crippen molar-refractivity contribution in [2.24, 2.45) is 5.73 Å². The van der Waals surface area contributed by atoms with Gasteiger partial charge in [-0.15, -0.1) is 12.4 Å². The number of halogens is 2. The number of hydrogen-bond donors (Lipinski definition) is 1. The molecule has 2 N–H and O–H groups in total. The maximum atomic E-state index is 12.8. The molecule has 0 saturated carbocycles. The number of nitrogens with zero attached hydrogens (tertiary/aromatic N) is 1. The van der Waals surface area contributed by atoms with E-state index in [9.17, 15) is 4.39 Å². The smallest absolute Gasteiger partial charge is 0.129 e. The van der Waals surface area contributed by atoms with Crippen molar-refractivity contribution in [3.8, 4) is 6.07 Å². The Labute approximate surface area is 76.2 Å². The number of nitriles is 1. The maximum absolute atomic E-state index is 12.8. The molecule has 0 aliphatic heterocycles. The zero-order valence-corrected chi connectivity index (χ0v) is 7.07. The third-order valence-corrected chi connectivity index (χ3v) is 1.40. The van der Waals surface area contributed by atoms with Crippen LogP contribution in [0.3, 0.4) is 0 Å². The minimum absolute atomic E-state index is 0. The molecule has 0 amide bonds. The summed E-state index contributed by atoms with van der Waals surface area (Å²) in [6.45, 7) is 0.164. The van der Waals surface area contributed by atoms with Crippen LogP contribution in [0, 0.1) is 17.1 Å². The molecule has 0 aliphatic rings. The third kappa shape index (κ3) is 2.19. The van der Waals surface area contributed by atoms with E-state index < -0.39 is 5.82 Å². The van der Waals surface area contributed by atoms with Crippen LogP contribution in [0.15, 0.2) is 18.2 Å². The standard InChI is InChI=1S/C8H7FN2.ClH/c9-8-3-6(4-10)1-2-7(8)5-11;/h1-3H,5,11H2;1H. The van der Waals surface area contributed by atoms with Crippen molar-refractivity contribution in [2.75, 3.05) is 0 Å². The average molecular weight is 187 g/mol. The van der Waals surface area contributed by atoms with Crippen LogP contribution in [-0.4, -0.2) is 0 Å². The Hall–Kier alpha value is -1.11. The SMILES string of the molecule is Cl.N#Cc1ccc(CN)c(F)c1. The quantitative estimate of drug-likeness (QED) is 0.724. The Morgan fingerprint density at radius 1 is 1.50 bits per heavy atom.